The van der Waals surface area contributed by atoms with E-state index in [9.17, 15) is 4.79 Å². The van der Waals surface area contributed by atoms with Crippen LogP contribution in [0.25, 0.3) is 0 Å². The van der Waals surface area contributed by atoms with E-state index in [0.29, 0.717) is 25.3 Å². The smallest absolute Gasteiger partial charge is 0.273 e. The van der Waals surface area contributed by atoms with Gasteiger partial charge >= 0.3 is 0 Å². The van der Waals surface area contributed by atoms with E-state index < -0.39 is 0 Å². The van der Waals surface area contributed by atoms with Gasteiger partial charge in [0.15, 0.2) is 5.69 Å². The van der Waals surface area contributed by atoms with Crippen molar-refractivity contribution in [1.82, 2.24) is 20.3 Å². The Hall–Kier alpha value is -2.21. The van der Waals surface area contributed by atoms with Gasteiger partial charge < -0.3 is 11.1 Å². The molecule has 1 aromatic carbocycles. The maximum absolute atomic E-state index is 12.0. The average Bonchev–Trinajstić information content (AvgIpc) is 2.94. The number of hydrogen-bond donors (Lipinski definition) is 2. The molecule has 0 saturated carbocycles. The zero-order valence-corrected chi connectivity index (χ0v) is 11.5. The number of benzene rings is 1. The number of nitrogens with one attached hydrogen (secondary N) is 1. The lowest BCUT2D eigenvalue weighted by molar-refractivity contribution is 0.0945. The molecule has 0 aliphatic heterocycles. The number of nitrogens with zero attached hydrogens (tertiary/aromatic N) is 3. The molecule has 3 N–H and O–H groups in total. The predicted octanol–water partition coefficient (Wildman–Crippen LogP) is 0.729. The van der Waals surface area contributed by atoms with Gasteiger partial charge in [0.05, 0.1) is 12.7 Å². The standard InChI is InChI=1S/C14H19N5O/c1-2-11-5-3-4-6-12(11)9-16-14(20)13-10-19(8-7-15)18-17-13/h3-6,10H,2,7-9,15H2,1H3,(H,16,20). The molecule has 2 aromatic rings. The van der Waals surface area contributed by atoms with Crippen LogP contribution in [0.1, 0.15) is 28.5 Å². The fraction of sp³-hybridized carbons (Fsp3) is 0.357. The van der Waals surface area contributed by atoms with Gasteiger partial charge in [-0.15, -0.1) is 5.10 Å². The highest BCUT2D eigenvalue weighted by molar-refractivity contribution is 5.91. The van der Waals surface area contributed by atoms with Crippen molar-refractivity contribution in [2.75, 3.05) is 6.54 Å². The van der Waals surface area contributed by atoms with E-state index in [1.54, 1.807) is 10.9 Å². The Bertz CT molecular complexity index is 578. The van der Waals surface area contributed by atoms with E-state index in [1.165, 1.54) is 5.56 Å². The van der Waals surface area contributed by atoms with Gasteiger partial charge in [0, 0.05) is 13.1 Å². The summed E-state index contributed by atoms with van der Waals surface area (Å²) in [5.41, 5.74) is 8.09. The number of nitrogens with two attached hydrogens (primary N) is 1. The number of aryl methyl sites for hydroxylation is 1. The van der Waals surface area contributed by atoms with E-state index in [-0.39, 0.29) is 5.91 Å². The average molecular weight is 273 g/mol. The van der Waals surface area contributed by atoms with Crippen molar-refractivity contribution in [3.63, 3.8) is 0 Å². The fourth-order valence-electron chi connectivity index (χ4n) is 1.98. The van der Waals surface area contributed by atoms with Crippen LogP contribution in [0.3, 0.4) is 0 Å². The summed E-state index contributed by atoms with van der Waals surface area (Å²) in [6.07, 6.45) is 2.55. The van der Waals surface area contributed by atoms with Crippen molar-refractivity contribution in [1.29, 1.82) is 0 Å². The van der Waals surface area contributed by atoms with Crippen LogP contribution in [0, 0.1) is 0 Å². The Morgan fingerprint density at radius 1 is 1.35 bits per heavy atom. The Balaban J connectivity index is 1.97. The molecule has 0 radical (unpaired) electrons. The minimum Gasteiger partial charge on any atom is -0.347 e. The molecular weight excluding hydrogens is 254 g/mol. The maximum Gasteiger partial charge on any atom is 0.273 e. The second kappa shape index (κ2) is 6.81. The summed E-state index contributed by atoms with van der Waals surface area (Å²) in [4.78, 5) is 12.0. The van der Waals surface area contributed by atoms with Crippen molar-refractivity contribution in [2.24, 2.45) is 5.73 Å². The topological polar surface area (TPSA) is 85.8 Å². The van der Waals surface area contributed by atoms with Gasteiger partial charge in [-0.2, -0.15) is 0 Å². The van der Waals surface area contributed by atoms with Gasteiger partial charge in [-0.3, -0.25) is 9.48 Å². The molecule has 106 valence electrons. The number of amides is 1. The molecule has 0 aliphatic rings. The molecular formula is C14H19N5O. The maximum atomic E-state index is 12.0. The molecule has 0 fully saturated rings. The zero-order chi connectivity index (χ0) is 14.4. The molecule has 0 spiro atoms. The molecule has 6 heteroatoms. The molecule has 1 heterocycles. The van der Waals surface area contributed by atoms with Crippen molar-refractivity contribution in [3.8, 4) is 0 Å². The molecule has 1 aromatic heterocycles. The first kappa shape index (κ1) is 14.2. The van der Waals surface area contributed by atoms with Gasteiger partial charge in [-0.1, -0.05) is 36.4 Å². The van der Waals surface area contributed by atoms with Gasteiger partial charge in [0.2, 0.25) is 0 Å². The van der Waals surface area contributed by atoms with E-state index in [4.69, 9.17) is 5.73 Å². The minimum atomic E-state index is -0.223. The van der Waals surface area contributed by atoms with Crippen molar-refractivity contribution >= 4 is 5.91 Å². The minimum absolute atomic E-state index is 0.223. The van der Waals surface area contributed by atoms with E-state index >= 15 is 0 Å². The van der Waals surface area contributed by atoms with Crippen LogP contribution in [0.5, 0.6) is 0 Å². The number of carbonyl (C=O) groups excluding carboxylic acids is 1. The first-order valence-corrected chi connectivity index (χ1v) is 6.69. The van der Waals surface area contributed by atoms with Gasteiger partial charge in [0.25, 0.3) is 5.91 Å². The largest absolute Gasteiger partial charge is 0.347 e. The lowest BCUT2D eigenvalue weighted by Crippen LogP contribution is -2.23. The molecule has 0 atom stereocenters. The summed E-state index contributed by atoms with van der Waals surface area (Å²) in [5, 5.41) is 10.5. The molecule has 6 nitrogen and oxygen atoms in total. The quantitative estimate of drug-likeness (QED) is 0.812. The predicted molar refractivity (Wildman–Crippen MR) is 76.1 cm³/mol. The summed E-state index contributed by atoms with van der Waals surface area (Å²) >= 11 is 0. The highest BCUT2D eigenvalue weighted by Crippen LogP contribution is 2.09. The van der Waals surface area contributed by atoms with Gasteiger partial charge in [-0.05, 0) is 17.5 Å². The summed E-state index contributed by atoms with van der Waals surface area (Å²) in [6, 6.07) is 8.06. The second-order valence-corrected chi connectivity index (χ2v) is 4.46. The lowest BCUT2D eigenvalue weighted by atomic mass is 10.1. The van der Waals surface area contributed by atoms with E-state index in [1.807, 2.05) is 18.2 Å². The monoisotopic (exact) mass is 273 g/mol. The summed E-state index contributed by atoms with van der Waals surface area (Å²) in [7, 11) is 0. The summed E-state index contributed by atoms with van der Waals surface area (Å²) in [5.74, 6) is -0.223. The Morgan fingerprint density at radius 2 is 2.10 bits per heavy atom. The Morgan fingerprint density at radius 3 is 2.80 bits per heavy atom. The molecule has 0 bridgehead atoms. The number of aromatic nitrogens is 3. The van der Waals surface area contributed by atoms with Gasteiger partial charge in [-0.25, -0.2) is 0 Å². The van der Waals surface area contributed by atoms with Crippen molar-refractivity contribution in [2.45, 2.75) is 26.4 Å². The molecule has 0 aliphatic carbocycles. The Labute approximate surface area is 118 Å². The van der Waals surface area contributed by atoms with Gasteiger partial charge in [0.1, 0.15) is 0 Å². The normalized spacial score (nSPS) is 10.5. The van der Waals surface area contributed by atoms with Crippen molar-refractivity contribution < 1.29 is 4.79 Å². The number of carbonyl (C=O) groups is 1. The van der Waals surface area contributed by atoms with Crippen molar-refractivity contribution in [3.05, 3.63) is 47.3 Å². The lowest BCUT2D eigenvalue weighted by Gasteiger charge is -2.08. The summed E-state index contributed by atoms with van der Waals surface area (Å²) < 4.78 is 1.56. The molecule has 2 rings (SSSR count). The van der Waals surface area contributed by atoms with Crippen LogP contribution < -0.4 is 11.1 Å². The van der Waals surface area contributed by atoms with Crippen LogP contribution in [-0.2, 0) is 19.5 Å². The summed E-state index contributed by atoms with van der Waals surface area (Å²) in [6.45, 7) is 3.61. The third-order valence-corrected chi connectivity index (χ3v) is 3.07. The van der Waals surface area contributed by atoms with Crippen LogP contribution >= 0.6 is 0 Å². The first-order valence-electron chi connectivity index (χ1n) is 6.69. The fourth-order valence-corrected chi connectivity index (χ4v) is 1.98. The third kappa shape index (κ3) is 3.42. The number of rotatable bonds is 6. The van der Waals surface area contributed by atoms with Crippen LogP contribution in [0.2, 0.25) is 0 Å². The van der Waals surface area contributed by atoms with Crippen LogP contribution in [0.4, 0.5) is 0 Å². The molecule has 0 saturated heterocycles. The van der Waals surface area contributed by atoms with E-state index in [2.05, 4.69) is 28.6 Å². The highest BCUT2D eigenvalue weighted by Gasteiger charge is 2.10. The van der Waals surface area contributed by atoms with E-state index in [0.717, 1.165) is 12.0 Å². The highest BCUT2D eigenvalue weighted by atomic mass is 16.2. The SMILES string of the molecule is CCc1ccccc1CNC(=O)c1cn(CCN)nn1. The Kier molecular flexibility index (Phi) is 4.84. The zero-order valence-electron chi connectivity index (χ0n) is 11.5. The second-order valence-electron chi connectivity index (χ2n) is 4.46. The molecule has 0 unspecified atom stereocenters. The number of hydrogen-bond acceptors (Lipinski definition) is 4. The molecule has 20 heavy (non-hydrogen) atoms. The third-order valence-electron chi connectivity index (χ3n) is 3.07. The molecule has 1 amide bonds. The first-order chi connectivity index (χ1) is 9.74. The van der Waals surface area contributed by atoms with Crippen LogP contribution in [-0.4, -0.2) is 27.4 Å². The van der Waals surface area contributed by atoms with Crippen LogP contribution in [0.15, 0.2) is 30.5 Å².